The van der Waals surface area contributed by atoms with Crippen LogP contribution in [-0.2, 0) is 13.0 Å². The Labute approximate surface area is 154 Å². The zero-order valence-corrected chi connectivity index (χ0v) is 15.7. The molecule has 4 nitrogen and oxygen atoms in total. The highest BCUT2D eigenvalue weighted by molar-refractivity contribution is 6.00. The van der Waals surface area contributed by atoms with Crippen LogP contribution in [0.25, 0.3) is 0 Å². The summed E-state index contributed by atoms with van der Waals surface area (Å²) in [6.07, 6.45) is 6.89. The molecule has 0 radical (unpaired) electrons. The predicted molar refractivity (Wildman–Crippen MR) is 86.6 cm³/mol. The lowest BCUT2D eigenvalue weighted by atomic mass is 10.0. The van der Waals surface area contributed by atoms with Crippen molar-refractivity contribution in [3.05, 3.63) is 59.9 Å². The molecule has 0 saturated carbocycles. The van der Waals surface area contributed by atoms with E-state index in [1.807, 2.05) is 24.3 Å². The zero-order valence-electron chi connectivity index (χ0n) is 13.6. The third kappa shape index (κ3) is 5.82. The fraction of sp³-hybridized carbons (Fsp3) is 0.333. The van der Waals surface area contributed by atoms with Gasteiger partial charge >= 0.3 is 0 Å². The van der Waals surface area contributed by atoms with Crippen LogP contribution in [0.15, 0.2) is 53.9 Å². The number of oxime groups is 1. The van der Waals surface area contributed by atoms with E-state index in [0.717, 1.165) is 30.7 Å². The average molecular weight is 426 g/mol. The molecule has 1 aromatic heterocycles. The summed E-state index contributed by atoms with van der Waals surface area (Å²) in [7, 11) is 1.64. The van der Waals surface area contributed by atoms with Gasteiger partial charge in [0.2, 0.25) is 0 Å². The molecule has 124 valence electrons. The lowest BCUT2D eigenvalue weighted by molar-refractivity contribution is -0.697. The van der Waals surface area contributed by atoms with Crippen LogP contribution >= 0.6 is 0 Å². The first-order valence-corrected chi connectivity index (χ1v) is 7.60. The van der Waals surface area contributed by atoms with Crippen molar-refractivity contribution in [3.63, 3.8) is 0 Å². The van der Waals surface area contributed by atoms with Gasteiger partial charge in [-0.3, -0.25) is 0 Å². The molecule has 0 fully saturated rings. The minimum atomic E-state index is 0. The van der Waals surface area contributed by atoms with E-state index in [-0.39, 0.29) is 24.0 Å². The smallest absolute Gasteiger partial charge is 0.171 e. The van der Waals surface area contributed by atoms with Crippen LogP contribution in [0.3, 0.4) is 0 Å². The molecule has 1 aromatic carbocycles. The number of halogens is 1. The van der Waals surface area contributed by atoms with Crippen LogP contribution in [0.1, 0.15) is 30.9 Å². The quantitative estimate of drug-likeness (QED) is 0.226. The van der Waals surface area contributed by atoms with Gasteiger partial charge in [-0.25, -0.2) is 4.57 Å². The fourth-order valence-corrected chi connectivity index (χ4v) is 2.42. The van der Waals surface area contributed by atoms with Gasteiger partial charge in [0, 0.05) is 18.1 Å². The molecule has 1 N–H and O–H groups in total. The van der Waals surface area contributed by atoms with E-state index in [1.54, 1.807) is 7.11 Å². The summed E-state index contributed by atoms with van der Waals surface area (Å²) in [6, 6.07) is 11.7. The Bertz CT molecular complexity index is 627. The molecule has 2 rings (SSSR count). The number of methoxy groups -OCH3 is 1. The Balaban J connectivity index is 0.00000264. The average Bonchev–Trinajstić information content (AvgIpc) is 2.57. The summed E-state index contributed by atoms with van der Waals surface area (Å²) in [5.74, 6) is 0.796. The second kappa shape index (κ2) is 10.2. The van der Waals surface area contributed by atoms with Gasteiger partial charge < -0.3 is 33.9 Å². The number of rotatable bonds is 7. The van der Waals surface area contributed by atoms with Crippen LogP contribution in [0.4, 0.5) is 0 Å². The van der Waals surface area contributed by atoms with Crippen molar-refractivity contribution in [3.8, 4) is 5.75 Å². The van der Waals surface area contributed by atoms with E-state index in [9.17, 15) is 5.21 Å². The summed E-state index contributed by atoms with van der Waals surface area (Å²) < 4.78 is 7.34. The van der Waals surface area contributed by atoms with E-state index in [0.29, 0.717) is 12.1 Å². The molecule has 1 heterocycles. The third-order valence-electron chi connectivity index (χ3n) is 3.60. The predicted octanol–water partition coefficient (Wildman–Crippen LogP) is 0.208. The largest absolute Gasteiger partial charge is 1.00 e. The first-order chi connectivity index (χ1) is 10.8. The van der Waals surface area contributed by atoms with Gasteiger partial charge in [-0.2, -0.15) is 0 Å². The van der Waals surface area contributed by atoms with Gasteiger partial charge in [0.15, 0.2) is 12.4 Å². The van der Waals surface area contributed by atoms with E-state index in [1.165, 1.54) is 5.56 Å². The number of ether oxygens (including phenoxy) is 1. The molecule has 0 aliphatic heterocycles. The Kier molecular flexibility index (Phi) is 8.61. The van der Waals surface area contributed by atoms with Crippen LogP contribution in [0.2, 0.25) is 0 Å². The molecular formula is C18H23IN2O2. The molecule has 0 atom stereocenters. The Morgan fingerprint density at radius 2 is 1.96 bits per heavy atom. The maximum absolute atomic E-state index is 9.27. The van der Waals surface area contributed by atoms with E-state index in [4.69, 9.17) is 4.74 Å². The van der Waals surface area contributed by atoms with E-state index in [2.05, 4.69) is 41.2 Å². The molecule has 0 unspecified atom stereocenters. The van der Waals surface area contributed by atoms with Crippen LogP contribution in [-0.4, -0.2) is 18.0 Å². The lowest BCUT2D eigenvalue weighted by Gasteiger charge is -2.06. The molecule has 0 amide bonds. The summed E-state index contributed by atoms with van der Waals surface area (Å²) in [5, 5.41) is 12.7. The summed E-state index contributed by atoms with van der Waals surface area (Å²) >= 11 is 0. The number of benzene rings is 1. The summed E-state index contributed by atoms with van der Waals surface area (Å²) in [5.41, 5.74) is 2.85. The van der Waals surface area contributed by atoms with E-state index >= 15 is 0 Å². The molecule has 2 aromatic rings. The van der Waals surface area contributed by atoms with E-state index < -0.39 is 0 Å². The normalized spacial score (nSPS) is 11.0. The number of nitrogens with zero attached hydrogens (tertiary/aromatic N) is 2. The third-order valence-corrected chi connectivity index (χ3v) is 3.60. The van der Waals surface area contributed by atoms with Crippen molar-refractivity contribution in [1.82, 2.24) is 0 Å². The van der Waals surface area contributed by atoms with Crippen molar-refractivity contribution in [1.29, 1.82) is 0 Å². The van der Waals surface area contributed by atoms with Gasteiger partial charge in [0.1, 0.15) is 12.3 Å². The molecule has 0 spiro atoms. The Morgan fingerprint density at radius 1 is 1.22 bits per heavy atom. The maximum Gasteiger partial charge on any atom is 0.171 e. The van der Waals surface area contributed by atoms with Crippen molar-refractivity contribution in [2.45, 2.75) is 32.7 Å². The highest BCUT2D eigenvalue weighted by atomic mass is 127. The molecule has 0 aliphatic carbocycles. The number of aryl methyl sites for hydroxylation is 2. The second-order valence-corrected chi connectivity index (χ2v) is 5.23. The maximum atomic E-state index is 9.27. The summed E-state index contributed by atoms with van der Waals surface area (Å²) in [4.78, 5) is 0. The Morgan fingerprint density at radius 3 is 2.57 bits per heavy atom. The molecule has 0 bridgehead atoms. The first kappa shape index (κ1) is 19.4. The van der Waals surface area contributed by atoms with Crippen LogP contribution < -0.4 is 33.3 Å². The topological polar surface area (TPSA) is 45.7 Å². The van der Waals surface area contributed by atoms with Gasteiger partial charge in [-0.1, -0.05) is 12.1 Å². The fourth-order valence-electron chi connectivity index (χ4n) is 2.42. The van der Waals surface area contributed by atoms with Crippen molar-refractivity contribution in [2.24, 2.45) is 5.16 Å². The number of hydrogen-bond donors (Lipinski definition) is 1. The zero-order chi connectivity index (χ0) is 15.8. The molecule has 0 saturated heterocycles. The standard InChI is InChI=1S/C18H22N2O2.HI/c1-3-12-20-13-4-5-15(14-20)6-11-18(19-21)16-7-9-17(22-2)10-8-16;/h4-5,7-10,13-14H,3,6,11-12H2,1-2H3;1H/b19-18-;. The van der Waals surface area contributed by atoms with Gasteiger partial charge in [-0.15, -0.1) is 0 Å². The minimum absolute atomic E-state index is 0. The number of aromatic nitrogens is 1. The SMILES string of the molecule is CCC[n+]1cccc(CC/C(=N/O)c2ccc(OC)cc2)c1.[I-]. The molecular weight excluding hydrogens is 403 g/mol. The molecule has 5 heteroatoms. The van der Waals surface area contributed by atoms with Gasteiger partial charge in [0.05, 0.1) is 12.8 Å². The van der Waals surface area contributed by atoms with Gasteiger partial charge in [-0.05, 0) is 48.7 Å². The summed E-state index contributed by atoms with van der Waals surface area (Å²) in [6.45, 7) is 3.19. The van der Waals surface area contributed by atoms with Crippen LogP contribution in [0.5, 0.6) is 5.75 Å². The number of hydrogen-bond acceptors (Lipinski definition) is 3. The highest BCUT2D eigenvalue weighted by Gasteiger charge is 2.08. The van der Waals surface area contributed by atoms with Gasteiger partial charge in [0.25, 0.3) is 0 Å². The lowest BCUT2D eigenvalue weighted by Crippen LogP contribution is -3.00. The number of pyridine rings is 1. The second-order valence-electron chi connectivity index (χ2n) is 5.23. The first-order valence-electron chi connectivity index (χ1n) is 7.60. The highest BCUT2D eigenvalue weighted by Crippen LogP contribution is 2.14. The Hall–Kier alpha value is -1.63. The van der Waals surface area contributed by atoms with Crippen LogP contribution in [0, 0.1) is 0 Å². The monoisotopic (exact) mass is 426 g/mol. The van der Waals surface area contributed by atoms with Crippen molar-refractivity contribution < 1.29 is 38.5 Å². The minimum Gasteiger partial charge on any atom is -1.00 e. The molecule has 23 heavy (non-hydrogen) atoms. The van der Waals surface area contributed by atoms with Crippen molar-refractivity contribution in [2.75, 3.05) is 7.11 Å². The van der Waals surface area contributed by atoms with Crippen molar-refractivity contribution >= 4 is 5.71 Å². The molecule has 0 aliphatic rings.